The molecule has 0 amide bonds. The van der Waals surface area contributed by atoms with Crippen LogP contribution in [0.2, 0.25) is 0 Å². The lowest BCUT2D eigenvalue weighted by atomic mass is 10.1. The Morgan fingerprint density at radius 3 is 0.828 bits per heavy atom. The first-order valence-electron chi connectivity index (χ1n) is 27.7. The van der Waals surface area contributed by atoms with Crippen LogP contribution < -0.4 is 0 Å². The fourth-order valence-corrected chi connectivity index (χ4v) is 7.90. The molecule has 372 valence electrons. The van der Waals surface area contributed by atoms with E-state index in [1.54, 1.807) is 0 Å². The minimum absolute atomic E-state index is 0.0825. The Bertz CT molecular complexity index is 1120. The maximum absolute atomic E-state index is 12.8. The molecule has 6 nitrogen and oxygen atoms in total. The van der Waals surface area contributed by atoms with E-state index >= 15 is 0 Å². The van der Waals surface area contributed by atoms with Gasteiger partial charge in [0.05, 0.1) is 0 Å². The van der Waals surface area contributed by atoms with Gasteiger partial charge in [0.25, 0.3) is 0 Å². The van der Waals surface area contributed by atoms with Crippen molar-refractivity contribution in [3.05, 3.63) is 48.6 Å². The van der Waals surface area contributed by atoms with Gasteiger partial charge in [-0.25, -0.2) is 0 Å². The Morgan fingerprint density at radius 2 is 0.547 bits per heavy atom. The van der Waals surface area contributed by atoms with E-state index < -0.39 is 6.10 Å². The van der Waals surface area contributed by atoms with Crippen molar-refractivity contribution in [3.8, 4) is 0 Å². The molecule has 0 bridgehead atoms. The fraction of sp³-hybridized carbons (Fsp3) is 0.810. The highest BCUT2D eigenvalue weighted by atomic mass is 16.6. The second-order valence-corrected chi connectivity index (χ2v) is 18.6. The third-order valence-electron chi connectivity index (χ3n) is 12.1. The van der Waals surface area contributed by atoms with E-state index in [0.717, 1.165) is 96.3 Å². The lowest BCUT2D eigenvalue weighted by Crippen LogP contribution is -2.30. The Morgan fingerprint density at radius 1 is 0.312 bits per heavy atom. The van der Waals surface area contributed by atoms with Crippen LogP contribution in [0.15, 0.2) is 48.6 Å². The van der Waals surface area contributed by atoms with E-state index in [0.29, 0.717) is 19.3 Å². The molecule has 64 heavy (non-hydrogen) atoms. The molecule has 0 aliphatic carbocycles. The lowest BCUT2D eigenvalue weighted by molar-refractivity contribution is -0.167. The Kier molecular flexibility index (Phi) is 50.8. The summed E-state index contributed by atoms with van der Waals surface area (Å²) in [6.07, 6.45) is 63.8. The number of carbonyl (C=O) groups excluding carboxylic acids is 3. The van der Waals surface area contributed by atoms with E-state index in [-0.39, 0.29) is 31.1 Å². The number of rotatable bonds is 50. The van der Waals surface area contributed by atoms with E-state index in [4.69, 9.17) is 14.2 Å². The topological polar surface area (TPSA) is 78.9 Å². The number of esters is 3. The van der Waals surface area contributed by atoms with Crippen LogP contribution in [-0.2, 0) is 28.6 Å². The molecule has 6 heteroatoms. The Labute approximate surface area is 397 Å². The molecular weight excluding hydrogens is 793 g/mol. The van der Waals surface area contributed by atoms with Gasteiger partial charge < -0.3 is 14.2 Å². The summed E-state index contributed by atoms with van der Waals surface area (Å²) in [5.74, 6) is -0.905. The predicted molar refractivity (Wildman–Crippen MR) is 275 cm³/mol. The highest BCUT2D eigenvalue weighted by Gasteiger charge is 2.19. The van der Waals surface area contributed by atoms with Crippen LogP contribution in [0.25, 0.3) is 0 Å². The summed E-state index contributed by atoms with van der Waals surface area (Å²) >= 11 is 0. The second-order valence-electron chi connectivity index (χ2n) is 18.6. The van der Waals surface area contributed by atoms with Crippen LogP contribution in [0.3, 0.4) is 0 Å². The molecule has 0 radical (unpaired) electrons. The first kappa shape index (κ1) is 61.4. The van der Waals surface area contributed by atoms with Gasteiger partial charge in [-0.2, -0.15) is 0 Å². The van der Waals surface area contributed by atoms with Crippen molar-refractivity contribution in [2.24, 2.45) is 0 Å². The van der Waals surface area contributed by atoms with Gasteiger partial charge in [-0.1, -0.05) is 243 Å². The van der Waals surface area contributed by atoms with Crippen LogP contribution >= 0.6 is 0 Å². The first-order chi connectivity index (χ1) is 31.5. The van der Waals surface area contributed by atoms with Gasteiger partial charge in [0.2, 0.25) is 0 Å². The summed E-state index contributed by atoms with van der Waals surface area (Å²) in [4.78, 5) is 38.0. The second kappa shape index (κ2) is 53.0. The number of unbranched alkanes of at least 4 members (excludes halogenated alkanes) is 33. The minimum atomic E-state index is -0.785. The zero-order valence-electron chi connectivity index (χ0n) is 42.6. The normalized spacial score (nSPS) is 12.4. The zero-order chi connectivity index (χ0) is 46.5. The molecule has 0 aromatic heterocycles. The van der Waals surface area contributed by atoms with Crippen molar-refractivity contribution in [2.45, 2.75) is 290 Å². The molecule has 0 aromatic rings. The Balaban J connectivity index is 4.37. The van der Waals surface area contributed by atoms with Gasteiger partial charge in [0.1, 0.15) is 13.2 Å². The Hall–Kier alpha value is -2.63. The van der Waals surface area contributed by atoms with Crippen LogP contribution in [0, 0.1) is 0 Å². The maximum Gasteiger partial charge on any atom is 0.306 e. The van der Waals surface area contributed by atoms with Crippen LogP contribution in [-0.4, -0.2) is 37.2 Å². The maximum atomic E-state index is 12.8. The molecule has 0 aliphatic rings. The molecular formula is C58H104O6. The predicted octanol–water partition coefficient (Wildman–Crippen LogP) is 18.3. The molecule has 0 spiro atoms. The smallest absolute Gasteiger partial charge is 0.306 e. The average molecular weight is 897 g/mol. The molecule has 0 saturated carbocycles. The molecule has 0 aliphatic heterocycles. The number of hydrogen-bond donors (Lipinski definition) is 0. The van der Waals surface area contributed by atoms with Gasteiger partial charge in [0, 0.05) is 19.3 Å². The molecule has 0 N–H and O–H groups in total. The average Bonchev–Trinajstić information content (AvgIpc) is 3.29. The SMILES string of the molecule is CCCCCCCCC/C=C\C=C/CCCCCCCC(=O)OCC(COC(=O)CCCCCCCCCCCC)OC(=O)CCCCCCC/C=C\C=C/CCCCCCCCC. The van der Waals surface area contributed by atoms with E-state index in [1.807, 2.05) is 0 Å². The van der Waals surface area contributed by atoms with Crippen molar-refractivity contribution in [3.63, 3.8) is 0 Å². The minimum Gasteiger partial charge on any atom is -0.462 e. The number of ether oxygens (including phenoxy) is 3. The van der Waals surface area contributed by atoms with Crippen molar-refractivity contribution in [1.29, 1.82) is 0 Å². The summed E-state index contributed by atoms with van der Waals surface area (Å²) in [5, 5.41) is 0. The zero-order valence-corrected chi connectivity index (χ0v) is 42.6. The van der Waals surface area contributed by atoms with Crippen LogP contribution in [0.5, 0.6) is 0 Å². The fourth-order valence-electron chi connectivity index (χ4n) is 7.90. The molecule has 0 saturated heterocycles. The lowest BCUT2D eigenvalue weighted by Gasteiger charge is -2.18. The summed E-state index contributed by atoms with van der Waals surface area (Å²) in [5.41, 5.74) is 0. The number of allylic oxidation sites excluding steroid dienone is 8. The van der Waals surface area contributed by atoms with Gasteiger partial charge >= 0.3 is 17.9 Å². The van der Waals surface area contributed by atoms with E-state index in [2.05, 4.69) is 69.4 Å². The van der Waals surface area contributed by atoms with Crippen molar-refractivity contribution in [1.82, 2.24) is 0 Å². The molecule has 0 heterocycles. The first-order valence-corrected chi connectivity index (χ1v) is 27.7. The van der Waals surface area contributed by atoms with E-state index in [1.165, 1.54) is 148 Å². The van der Waals surface area contributed by atoms with Crippen molar-refractivity contribution in [2.75, 3.05) is 13.2 Å². The summed E-state index contributed by atoms with van der Waals surface area (Å²) in [7, 11) is 0. The molecule has 0 rings (SSSR count). The molecule has 0 fully saturated rings. The van der Waals surface area contributed by atoms with Crippen molar-refractivity contribution < 1.29 is 28.6 Å². The summed E-state index contributed by atoms with van der Waals surface area (Å²) in [6, 6.07) is 0. The van der Waals surface area contributed by atoms with E-state index in [9.17, 15) is 14.4 Å². The highest BCUT2D eigenvalue weighted by Crippen LogP contribution is 2.15. The third kappa shape index (κ3) is 50.4. The van der Waals surface area contributed by atoms with Crippen LogP contribution in [0.4, 0.5) is 0 Å². The van der Waals surface area contributed by atoms with Gasteiger partial charge in [-0.3, -0.25) is 14.4 Å². The van der Waals surface area contributed by atoms with Gasteiger partial charge in [0.15, 0.2) is 6.10 Å². The quantitative estimate of drug-likeness (QED) is 0.0262. The van der Waals surface area contributed by atoms with Crippen molar-refractivity contribution >= 4 is 17.9 Å². The van der Waals surface area contributed by atoms with Crippen LogP contribution in [0.1, 0.15) is 284 Å². The number of carbonyl (C=O) groups is 3. The summed E-state index contributed by atoms with van der Waals surface area (Å²) in [6.45, 7) is 6.61. The van der Waals surface area contributed by atoms with Gasteiger partial charge in [-0.05, 0) is 70.6 Å². The molecule has 1 atom stereocenters. The van der Waals surface area contributed by atoms with Gasteiger partial charge in [-0.15, -0.1) is 0 Å². The largest absolute Gasteiger partial charge is 0.462 e. The molecule has 0 aromatic carbocycles. The molecule has 1 unspecified atom stereocenters. The summed E-state index contributed by atoms with van der Waals surface area (Å²) < 4.78 is 16.8. The number of hydrogen-bond acceptors (Lipinski definition) is 6. The standard InChI is InChI=1S/C58H104O6/c1-4-7-10-13-16-19-22-24-26-28-30-32-34-36-39-42-45-48-51-57(60)63-54-55(53-62-56(59)50-47-44-41-38-21-18-15-12-9-6-3)64-58(61)52-49-46-43-40-37-35-33-31-29-27-25-23-20-17-14-11-8-5-2/h26-33,55H,4-25,34-54H2,1-3H3/b28-26-,29-27-,32-30-,33-31-. The monoisotopic (exact) mass is 897 g/mol. The third-order valence-corrected chi connectivity index (χ3v) is 12.1. The highest BCUT2D eigenvalue weighted by molar-refractivity contribution is 5.71.